The molecule has 2 aromatic carbocycles. The molecular weight excluding hydrogens is 330 g/mol. The molecule has 0 spiro atoms. The smallest absolute Gasteiger partial charge is 0.264 e. The molecule has 0 aromatic heterocycles. The van der Waals surface area contributed by atoms with Crippen LogP contribution in [0, 0.1) is 13.8 Å². The number of carbonyl (C=O) groups is 2. The summed E-state index contributed by atoms with van der Waals surface area (Å²) in [6, 6.07) is 13.2. The Morgan fingerprint density at radius 3 is 2.42 bits per heavy atom. The van der Waals surface area contributed by atoms with Crippen LogP contribution < -0.4 is 9.64 Å². The van der Waals surface area contributed by atoms with Crippen molar-refractivity contribution < 1.29 is 19.4 Å². The summed E-state index contributed by atoms with van der Waals surface area (Å²) < 4.78 is 5.71. The molecule has 26 heavy (non-hydrogen) atoms. The van der Waals surface area contributed by atoms with Crippen LogP contribution in [0.4, 0.5) is 5.69 Å². The molecule has 0 saturated carbocycles. The predicted molar refractivity (Wildman–Crippen MR) is 99.4 cm³/mol. The van der Waals surface area contributed by atoms with E-state index in [9.17, 15) is 14.7 Å². The van der Waals surface area contributed by atoms with Crippen LogP contribution >= 0.6 is 0 Å². The van der Waals surface area contributed by atoms with Gasteiger partial charge in [0.25, 0.3) is 5.91 Å². The zero-order valence-corrected chi connectivity index (χ0v) is 15.3. The molecule has 136 valence electrons. The monoisotopic (exact) mass is 353 g/mol. The van der Waals surface area contributed by atoms with Crippen LogP contribution in [0.2, 0.25) is 0 Å². The molecule has 2 aromatic rings. The highest BCUT2D eigenvalue weighted by Gasteiger charge is 2.51. The SMILES string of the molecule is CC(=O)CC1(O)C(=O)N(CCOc2ccccc2)c2c(C)ccc(C)c21. The van der Waals surface area contributed by atoms with E-state index in [0.717, 1.165) is 16.9 Å². The van der Waals surface area contributed by atoms with Crippen LogP contribution in [0.1, 0.15) is 30.0 Å². The molecule has 0 radical (unpaired) electrons. The average molecular weight is 353 g/mol. The van der Waals surface area contributed by atoms with E-state index < -0.39 is 11.5 Å². The number of benzene rings is 2. The van der Waals surface area contributed by atoms with E-state index in [2.05, 4.69) is 0 Å². The Kier molecular flexibility index (Phi) is 4.83. The average Bonchev–Trinajstić information content (AvgIpc) is 2.81. The molecule has 0 bridgehead atoms. The number of ketones is 1. The highest BCUT2D eigenvalue weighted by atomic mass is 16.5. The summed E-state index contributed by atoms with van der Waals surface area (Å²) in [5.41, 5.74) is 1.12. The second-order valence-corrected chi connectivity index (χ2v) is 6.78. The van der Waals surface area contributed by atoms with E-state index in [0.29, 0.717) is 24.4 Å². The van der Waals surface area contributed by atoms with Gasteiger partial charge in [0.2, 0.25) is 0 Å². The fourth-order valence-electron chi connectivity index (χ4n) is 3.61. The van der Waals surface area contributed by atoms with Gasteiger partial charge in [-0.15, -0.1) is 0 Å². The number of hydrogen-bond donors (Lipinski definition) is 1. The van der Waals surface area contributed by atoms with Crippen LogP contribution in [0.15, 0.2) is 42.5 Å². The normalized spacial score (nSPS) is 18.8. The molecular formula is C21H23NO4. The van der Waals surface area contributed by atoms with Crippen molar-refractivity contribution >= 4 is 17.4 Å². The fraction of sp³-hybridized carbons (Fsp3) is 0.333. The van der Waals surface area contributed by atoms with E-state index in [1.165, 1.54) is 6.92 Å². The lowest BCUT2D eigenvalue weighted by molar-refractivity contribution is -0.141. The number of anilines is 1. The Labute approximate surface area is 153 Å². The molecule has 1 amide bonds. The molecule has 1 heterocycles. The minimum atomic E-state index is -1.80. The highest BCUT2D eigenvalue weighted by molar-refractivity contribution is 6.09. The molecule has 0 aliphatic carbocycles. The molecule has 0 fully saturated rings. The molecule has 5 heteroatoms. The van der Waals surface area contributed by atoms with Gasteiger partial charge in [-0.1, -0.05) is 30.3 Å². The van der Waals surface area contributed by atoms with Crippen molar-refractivity contribution in [2.45, 2.75) is 32.8 Å². The first-order valence-electron chi connectivity index (χ1n) is 8.67. The standard InChI is InChI=1S/C21H23NO4/c1-14-9-10-15(2)19-18(14)21(25,13-16(3)23)20(24)22(19)11-12-26-17-7-5-4-6-8-17/h4-10,25H,11-13H2,1-3H3. The summed E-state index contributed by atoms with van der Waals surface area (Å²) in [7, 11) is 0. The number of aliphatic hydroxyl groups is 1. The van der Waals surface area contributed by atoms with Crippen molar-refractivity contribution in [3.05, 3.63) is 59.2 Å². The summed E-state index contributed by atoms with van der Waals surface area (Å²) >= 11 is 0. The number of fused-ring (bicyclic) bond motifs is 1. The predicted octanol–water partition coefficient (Wildman–Crippen LogP) is 2.90. The van der Waals surface area contributed by atoms with E-state index in [-0.39, 0.29) is 12.2 Å². The van der Waals surface area contributed by atoms with Crippen LogP contribution in [-0.2, 0) is 15.2 Å². The third-order valence-corrected chi connectivity index (χ3v) is 4.70. The van der Waals surface area contributed by atoms with Gasteiger partial charge in [-0.3, -0.25) is 9.59 Å². The molecule has 3 rings (SSSR count). The van der Waals surface area contributed by atoms with Crippen molar-refractivity contribution in [3.8, 4) is 5.75 Å². The largest absolute Gasteiger partial charge is 0.492 e. The van der Waals surface area contributed by atoms with Gasteiger partial charge in [-0.25, -0.2) is 0 Å². The van der Waals surface area contributed by atoms with E-state index in [1.807, 2.05) is 56.3 Å². The van der Waals surface area contributed by atoms with Crippen molar-refractivity contribution in [1.29, 1.82) is 0 Å². The summed E-state index contributed by atoms with van der Waals surface area (Å²) in [5.74, 6) is 0.0335. The maximum atomic E-state index is 13.0. The summed E-state index contributed by atoms with van der Waals surface area (Å²) in [6.07, 6.45) is -0.223. The molecule has 5 nitrogen and oxygen atoms in total. The van der Waals surface area contributed by atoms with Crippen molar-refractivity contribution in [2.24, 2.45) is 0 Å². The molecule has 1 unspecified atom stereocenters. The third-order valence-electron chi connectivity index (χ3n) is 4.70. The summed E-state index contributed by atoms with van der Waals surface area (Å²) in [5, 5.41) is 11.1. The first kappa shape index (κ1) is 18.1. The van der Waals surface area contributed by atoms with Gasteiger partial charge in [0.05, 0.1) is 12.2 Å². The van der Waals surface area contributed by atoms with E-state index in [4.69, 9.17) is 4.74 Å². The number of rotatable bonds is 6. The van der Waals surface area contributed by atoms with Gasteiger partial charge in [0.15, 0.2) is 5.60 Å². The van der Waals surface area contributed by atoms with Crippen molar-refractivity contribution in [2.75, 3.05) is 18.1 Å². The first-order chi connectivity index (χ1) is 12.3. The number of amides is 1. The molecule has 1 aliphatic heterocycles. The van der Waals surface area contributed by atoms with Gasteiger partial charge in [-0.2, -0.15) is 0 Å². The second-order valence-electron chi connectivity index (χ2n) is 6.78. The number of hydrogen-bond acceptors (Lipinski definition) is 4. The molecule has 1 N–H and O–H groups in total. The maximum absolute atomic E-state index is 13.0. The zero-order chi connectivity index (χ0) is 18.9. The van der Waals surface area contributed by atoms with Gasteiger partial charge in [0.1, 0.15) is 18.1 Å². The number of aryl methyl sites for hydroxylation is 2. The fourth-order valence-corrected chi connectivity index (χ4v) is 3.61. The lowest BCUT2D eigenvalue weighted by Gasteiger charge is -2.22. The number of ether oxygens (including phenoxy) is 1. The van der Waals surface area contributed by atoms with E-state index >= 15 is 0 Å². The third kappa shape index (κ3) is 3.10. The van der Waals surface area contributed by atoms with Crippen molar-refractivity contribution in [3.63, 3.8) is 0 Å². The van der Waals surface area contributed by atoms with Gasteiger partial charge in [-0.05, 0) is 44.0 Å². The van der Waals surface area contributed by atoms with Gasteiger partial charge < -0.3 is 14.7 Å². The summed E-state index contributed by atoms with van der Waals surface area (Å²) in [6.45, 7) is 5.72. The second kappa shape index (κ2) is 6.92. The van der Waals surface area contributed by atoms with Gasteiger partial charge in [0, 0.05) is 12.0 Å². The molecule has 1 atom stereocenters. The minimum Gasteiger partial charge on any atom is -0.492 e. The summed E-state index contributed by atoms with van der Waals surface area (Å²) in [4.78, 5) is 26.3. The quantitative estimate of drug-likeness (QED) is 0.867. The topological polar surface area (TPSA) is 66.8 Å². The lowest BCUT2D eigenvalue weighted by Crippen LogP contribution is -2.43. The molecule has 1 aliphatic rings. The van der Waals surface area contributed by atoms with Gasteiger partial charge >= 0.3 is 0 Å². The van der Waals surface area contributed by atoms with Crippen molar-refractivity contribution in [1.82, 2.24) is 0 Å². The Hall–Kier alpha value is -2.66. The number of carbonyl (C=O) groups excluding carboxylic acids is 2. The minimum absolute atomic E-state index is 0.223. The Bertz CT molecular complexity index is 847. The molecule has 0 saturated heterocycles. The zero-order valence-electron chi connectivity index (χ0n) is 15.3. The Balaban J connectivity index is 1.91. The number of Topliss-reactive ketones (excluding diaryl/α,β-unsaturated/α-hetero) is 1. The van der Waals surface area contributed by atoms with Crippen LogP contribution in [-0.4, -0.2) is 29.9 Å². The van der Waals surface area contributed by atoms with Crippen LogP contribution in [0.25, 0.3) is 0 Å². The van der Waals surface area contributed by atoms with Crippen LogP contribution in [0.3, 0.4) is 0 Å². The highest BCUT2D eigenvalue weighted by Crippen LogP contribution is 2.45. The first-order valence-corrected chi connectivity index (χ1v) is 8.67. The Morgan fingerprint density at radius 2 is 1.77 bits per heavy atom. The number of nitrogens with zero attached hydrogens (tertiary/aromatic N) is 1. The number of para-hydroxylation sites is 1. The van der Waals surface area contributed by atoms with Crippen LogP contribution in [0.5, 0.6) is 5.75 Å². The maximum Gasteiger partial charge on any atom is 0.264 e. The Morgan fingerprint density at radius 1 is 1.12 bits per heavy atom. The van der Waals surface area contributed by atoms with E-state index in [1.54, 1.807) is 4.90 Å². The lowest BCUT2D eigenvalue weighted by atomic mass is 9.86.